The van der Waals surface area contributed by atoms with Crippen LogP contribution in [0.5, 0.6) is 0 Å². The van der Waals surface area contributed by atoms with Crippen LogP contribution in [0.3, 0.4) is 0 Å². The third kappa shape index (κ3) is 4.14. The number of amides is 2. The van der Waals surface area contributed by atoms with Crippen LogP contribution in [0.25, 0.3) is 0 Å². The number of likely N-dealkylation sites (tertiary alicyclic amines) is 1. The minimum absolute atomic E-state index is 0.0351. The number of carbonyl (C=O) groups is 1. The molecule has 0 saturated carbocycles. The highest BCUT2D eigenvalue weighted by Gasteiger charge is 2.47. The minimum atomic E-state index is -0.0351. The zero-order chi connectivity index (χ0) is 18.7. The van der Waals surface area contributed by atoms with Gasteiger partial charge in [0.15, 0.2) is 0 Å². The SMILES string of the molecule is CC(CN1CCCCC1)NC(=O)NC1c2ccccc2CC12CCOCC2. The molecule has 2 N–H and O–H groups in total. The summed E-state index contributed by atoms with van der Waals surface area (Å²) in [4.78, 5) is 15.3. The first-order chi connectivity index (χ1) is 13.2. The maximum absolute atomic E-state index is 12.8. The van der Waals surface area contributed by atoms with Crippen LogP contribution >= 0.6 is 0 Å². The zero-order valence-electron chi connectivity index (χ0n) is 16.5. The lowest BCUT2D eigenvalue weighted by Crippen LogP contribution is -2.50. The number of ether oxygens (including phenoxy) is 1. The van der Waals surface area contributed by atoms with Crippen molar-refractivity contribution < 1.29 is 9.53 Å². The minimum Gasteiger partial charge on any atom is -0.381 e. The number of carbonyl (C=O) groups excluding carboxylic acids is 1. The first-order valence-electron chi connectivity index (χ1n) is 10.6. The summed E-state index contributed by atoms with van der Waals surface area (Å²) in [5, 5.41) is 6.52. The van der Waals surface area contributed by atoms with Crippen molar-refractivity contribution in [2.75, 3.05) is 32.8 Å². The molecule has 3 aliphatic rings. The van der Waals surface area contributed by atoms with E-state index in [4.69, 9.17) is 4.74 Å². The second-order valence-electron chi connectivity index (χ2n) is 8.66. The van der Waals surface area contributed by atoms with Crippen LogP contribution in [0, 0.1) is 5.41 Å². The standard InChI is InChI=1S/C22H33N3O2/c1-17(16-25-11-5-2-6-12-25)23-21(26)24-20-19-8-4-3-7-18(19)15-22(20)9-13-27-14-10-22/h3-4,7-8,17,20H,2,5-6,9-16H2,1H3,(H2,23,24,26). The number of rotatable bonds is 4. The van der Waals surface area contributed by atoms with Crippen molar-refractivity contribution >= 4 is 6.03 Å². The number of hydrogen-bond donors (Lipinski definition) is 2. The molecule has 1 aromatic rings. The molecule has 2 atom stereocenters. The Morgan fingerprint density at radius 3 is 2.74 bits per heavy atom. The highest BCUT2D eigenvalue weighted by molar-refractivity contribution is 5.75. The number of nitrogens with one attached hydrogen (secondary N) is 2. The normalized spacial score (nSPS) is 25.7. The third-order valence-electron chi connectivity index (χ3n) is 6.64. The van der Waals surface area contributed by atoms with Gasteiger partial charge < -0.3 is 20.3 Å². The topological polar surface area (TPSA) is 53.6 Å². The zero-order valence-corrected chi connectivity index (χ0v) is 16.5. The maximum Gasteiger partial charge on any atom is 0.315 e. The molecule has 5 heteroatoms. The van der Waals surface area contributed by atoms with Crippen LogP contribution in [-0.4, -0.2) is 49.8 Å². The fraction of sp³-hybridized carbons (Fsp3) is 0.682. The van der Waals surface area contributed by atoms with E-state index in [0.717, 1.165) is 52.1 Å². The van der Waals surface area contributed by atoms with Gasteiger partial charge in [-0.15, -0.1) is 0 Å². The van der Waals surface area contributed by atoms with Crippen molar-refractivity contribution in [2.24, 2.45) is 5.41 Å². The van der Waals surface area contributed by atoms with E-state index in [0.29, 0.717) is 0 Å². The summed E-state index contributed by atoms with van der Waals surface area (Å²) in [6, 6.07) is 8.79. The van der Waals surface area contributed by atoms with E-state index in [2.05, 4.69) is 46.7 Å². The molecule has 5 nitrogen and oxygen atoms in total. The molecule has 2 heterocycles. The molecule has 2 amide bonds. The predicted molar refractivity (Wildman–Crippen MR) is 107 cm³/mol. The van der Waals surface area contributed by atoms with Gasteiger partial charge in [0.05, 0.1) is 6.04 Å². The molecular weight excluding hydrogens is 338 g/mol. The summed E-state index contributed by atoms with van der Waals surface area (Å²) in [6.45, 7) is 6.95. The van der Waals surface area contributed by atoms with Crippen LogP contribution in [0.15, 0.2) is 24.3 Å². The Morgan fingerprint density at radius 1 is 1.22 bits per heavy atom. The van der Waals surface area contributed by atoms with Gasteiger partial charge in [0.2, 0.25) is 0 Å². The van der Waals surface area contributed by atoms with Gasteiger partial charge in [-0.25, -0.2) is 4.79 Å². The molecule has 148 valence electrons. The Kier molecular flexibility index (Phi) is 5.69. The Bertz CT molecular complexity index is 651. The first-order valence-corrected chi connectivity index (χ1v) is 10.6. The molecule has 2 unspecified atom stereocenters. The molecule has 1 aliphatic carbocycles. The quantitative estimate of drug-likeness (QED) is 0.854. The summed E-state index contributed by atoms with van der Waals surface area (Å²) in [7, 11) is 0. The van der Waals surface area contributed by atoms with Crippen molar-refractivity contribution in [1.29, 1.82) is 0 Å². The predicted octanol–water partition coefficient (Wildman–Crippen LogP) is 3.25. The van der Waals surface area contributed by atoms with Gasteiger partial charge in [-0.05, 0) is 63.2 Å². The summed E-state index contributed by atoms with van der Waals surface area (Å²) in [6.07, 6.45) is 6.96. The second kappa shape index (κ2) is 8.19. The number of hydrogen-bond acceptors (Lipinski definition) is 3. The van der Waals surface area contributed by atoms with Crippen molar-refractivity contribution in [1.82, 2.24) is 15.5 Å². The molecule has 1 spiro atoms. The van der Waals surface area contributed by atoms with E-state index in [1.807, 2.05) is 0 Å². The molecule has 2 fully saturated rings. The fourth-order valence-electron chi connectivity index (χ4n) is 5.23. The summed E-state index contributed by atoms with van der Waals surface area (Å²) >= 11 is 0. The fourth-order valence-corrected chi connectivity index (χ4v) is 5.23. The molecule has 0 aromatic heterocycles. The Balaban J connectivity index is 1.40. The van der Waals surface area contributed by atoms with E-state index in [1.165, 1.54) is 30.4 Å². The monoisotopic (exact) mass is 371 g/mol. The van der Waals surface area contributed by atoms with Crippen molar-refractivity contribution in [3.05, 3.63) is 35.4 Å². The van der Waals surface area contributed by atoms with Crippen LogP contribution < -0.4 is 10.6 Å². The van der Waals surface area contributed by atoms with Crippen LogP contribution in [0.2, 0.25) is 0 Å². The average Bonchev–Trinajstić information content (AvgIpc) is 2.96. The number of benzene rings is 1. The molecule has 27 heavy (non-hydrogen) atoms. The summed E-state index contributed by atoms with van der Waals surface area (Å²) in [5.41, 5.74) is 2.78. The molecule has 1 aromatic carbocycles. The van der Waals surface area contributed by atoms with E-state index >= 15 is 0 Å². The lowest BCUT2D eigenvalue weighted by Gasteiger charge is -2.39. The molecule has 2 saturated heterocycles. The van der Waals surface area contributed by atoms with Gasteiger partial charge in [-0.1, -0.05) is 30.7 Å². The van der Waals surface area contributed by atoms with E-state index in [-0.39, 0.29) is 23.5 Å². The maximum atomic E-state index is 12.8. The van der Waals surface area contributed by atoms with Crippen LogP contribution in [-0.2, 0) is 11.2 Å². The van der Waals surface area contributed by atoms with E-state index < -0.39 is 0 Å². The smallest absolute Gasteiger partial charge is 0.315 e. The van der Waals surface area contributed by atoms with Gasteiger partial charge in [0.25, 0.3) is 0 Å². The number of urea groups is 1. The Morgan fingerprint density at radius 2 is 1.96 bits per heavy atom. The summed E-state index contributed by atoms with van der Waals surface area (Å²) in [5.74, 6) is 0. The van der Waals surface area contributed by atoms with Crippen molar-refractivity contribution in [3.8, 4) is 0 Å². The highest BCUT2D eigenvalue weighted by Crippen LogP contribution is 2.51. The van der Waals surface area contributed by atoms with Gasteiger partial charge in [-0.3, -0.25) is 0 Å². The lowest BCUT2D eigenvalue weighted by atomic mass is 9.74. The second-order valence-corrected chi connectivity index (χ2v) is 8.66. The molecule has 4 rings (SSSR count). The first kappa shape index (κ1) is 18.8. The van der Waals surface area contributed by atoms with Crippen molar-refractivity contribution in [2.45, 2.75) is 57.5 Å². The number of piperidine rings is 1. The third-order valence-corrected chi connectivity index (χ3v) is 6.64. The van der Waals surface area contributed by atoms with Crippen LogP contribution in [0.1, 0.15) is 56.2 Å². The molecule has 0 bridgehead atoms. The Labute approximate surface area is 162 Å². The van der Waals surface area contributed by atoms with Gasteiger partial charge in [0.1, 0.15) is 0 Å². The number of nitrogens with zero attached hydrogens (tertiary/aromatic N) is 1. The molecule has 0 radical (unpaired) electrons. The Hall–Kier alpha value is -1.59. The van der Waals surface area contributed by atoms with Crippen molar-refractivity contribution in [3.63, 3.8) is 0 Å². The van der Waals surface area contributed by atoms with Crippen LogP contribution in [0.4, 0.5) is 4.79 Å². The lowest BCUT2D eigenvalue weighted by molar-refractivity contribution is 0.00206. The number of fused-ring (bicyclic) bond motifs is 1. The molecular formula is C22H33N3O2. The summed E-state index contributed by atoms with van der Waals surface area (Å²) < 4.78 is 5.62. The van der Waals surface area contributed by atoms with Gasteiger partial charge in [-0.2, -0.15) is 0 Å². The van der Waals surface area contributed by atoms with Gasteiger partial charge >= 0.3 is 6.03 Å². The average molecular weight is 372 g/mol. The largest absolute Gasteiger partial charge is 0.381 e. The molecule has 2 aliphatic heterocycles. The van der Waals surface area contributed by atoms with E-state index in [9.17, 15) is 4.79 Å². The van der Waals surface area contributed by atoms with Gasteiger partial charge in [0, 0.05) is 31.2 Å². The van der Waals surface area contributed by atoms with E-state index in [1.54, 1.807) is 0 Å². The highest BCUT2D eigenvalue weighted by atomic mass is 16.5.